The van der Waals surface area contributed by atoms with Gasteiger partial charge in [-0.1, -0.05) is 0 Å². The van der Waals surface area contributed by atoms with Gasteiger partial charge in [-0.2, -0.15) is 0 Å². The van der Waals surface area contributed by atoms with Gasteiger partial charge in [0.1, 0.15) is 0 Å². The average Bonchev–Trinajstić information content (AvgIpc) is 3.07. The summed E-state index contributed by atoms with van der Waals surface area (Å²) in [4.78, 5) is 29.3. The van der Waals surface area contributed by atoms with E-state index in [0.29, 0.717) is 18.6 Å². The van der Waals surface area contributed by atoms with E-state index in [1.165, 1.54) is 17.8 Å². The number of thiophene rings is 1. The van der Waals surface area contributed by atoms with Gasteiger partial charge in [-0.25, -0.2) is 4.79 Å². The van der Waals surface area contributed by atoms with Crippen LogP contribution in [0.15, 0.2) is 17.5 Å². The number of urea groups is 1. The average molecular weight is 350 g/mol. The van der Waals surface area contributed by atoms with E-state index in [1.807, 2.05) is 17.5 Å². The Hall–Kier alpha value is -1.56. The van der Waals surface area contributed by atoms with Crippen LogP contribution in [0, 0.1) is 5.92 Å². The fourth-order valence-corrected chi connectivity index (χ4v) is 4.57. The molecule has 2 fully saturated rings. The van der Waals surface area contributed by atoms with Crippen molar-refractivity contribution in [1.29, 1.82) is 0 Å². The Morgan fingerprint density at radius 2 is 1.92 bits per heavy atom. The van der Waals surface area contributed by atoms with Crippen molar-refractivity contribution >= 4 is 28.3 Å². The van der Waals surface area contributed by atoms with Crippen molar-refractivity contribution in [2.75, 3.05) is 18.4 Å². The molecule has 3 heterocycles. The summed E-state index contributed by atoms with van der Waals surface area (Å²) in [5.74, 6) is 0.180. The Kier molecular flexibility index (Phi) is 5.43. The van der Waals surface area contributed by atoms with Gasteiger partial charge in [-0.05, 0) is 63.5 Å². The highest BCUT2D eigenvalue weighted by molar-refractivity contribution is 7.14. The van der Waals surface area contributed by atoms with E-state index in [-0.39, 0.29) is 17.9 Å². The van der Waals surface area contributed by atoms with E-state index >= 15 is 0 Å². The topological polar surface area (TPSA) is 52.7 Å². The lowest BCUT2D eigenvalue weighted by atomic mass is 9.91. The molecule has 3 amide bonds. The largest absolute Gasteiger partial charge is 0.337 e. The highest BCUT2D eigenvalue weighted by Crippen LogP contribution is 2.28. The highest BCUT2D eigenvalue weighted by atomic mass is 32.1. The second kappa shape index (κ2) is 7.55. The molecule has 0 spiro atoms. The molecule has 0 aliphatic carbocycles. The monoisotopic (exact) mass is 349 g/mol. The zero-order valence-electron chi connectivity index (χ0n) is 14.5. The summed E-state index contributed by atoms with van der Waals surface area (Å²) >= 11 is 1.51. The fourth-order valence-electron chi connectivity index (χ4n) is 3.96. The molecule has 2 aliphatic heterocycles. The number of carbonyl (C=O) groups excluding carboxylic acids is 2. The smallest absolute Gasteiger partial charge is 0.322 e. The predicted molar refractivity (Wildman–Crippen MR) is 97.3 cm³/mol. The van der Waals surface area contributed by atoms with E-state index in [4.69, 9.17) is 0 Å². The molecule has 6 heteroatoms. The van der Waals surface area contributed by atoms with Gasteiger partial charge in [0, 0.05) is 25.2 Å². The lowest BCUT2D eigenvalue weighted by Crippen LogP contribution is -2.53. The first-order valence-corrected chi connectivity index (χ1v) is 9.86. The molecule has 0 bridgehead atoms. The molecule has 24 heavy (non-hydrogen) atoms. The molecule has 0 aromatic carbocycles. The third kappa shape index (κ3) is 3.74. The zero-order chi connectivity index (χ0) is 17.1. The van der Waals surface area contributed by atoms with Crippen LogP contribution in [0.3, 0.4) is 0 Å². The molecule has 3 unspecified atom stereocenters. The summed E-state index contributed by atoms with van der Waals surface area (Å²) < 4.78 is 0. The van der Waals surface area contributed by atoms with Crippen LogP contribution in [0.4, 0.5) is 9.80 Å². The first kappa shape index (κ1) is 17.3. The van der Waals surface area contributed by atoms with Crippen LogP contribution in [0.5, 0.6) is 0 Å². The maximum atomic E-state index is 13.0. The number of amides is 3. The number of nitrogens with one attached hydrogen (secondary N) is 1. The molecular weight excluding hydrogens is 322 g/mol. The summed E-state index contributed by atoms with van der Waals surface area (Å²) in [5.41, 5.74) is 0. The van der Waals surface area contributed by atoms with Gasteiger partial charge < -0.3 is 9.80 Å². The molecule has 1 N–H and O–H groups in total. The second-order valence-corrected chi connectivity index (χ2v) is 8.01. The Bertz CT molecular complexity index is 565. The predicted octanol–water partition coefficient (Wildman–Crippen LogP) is 3.78. The zero-order valence-corrected chi connectivity index (χ0v) is 15.3. The first-order chi connectivity index (χ1) is 11.6. The molecule has 132 valence electrons. The molecule has 1 aromatic rings. The fraction of sp³-hybridized carbons (Fsp3) is 0.667. The van der Waals surface area contributed by atoms with Gasteiger partial charge in [0.05, 0.1) is 10.9 Å². The molecular formula is C18H27N3O2S. The van der Waals surface area contributed by atoms with E-state index in [1.54, 1.807) is 4.90 Å². The summed E-state index contributed by atoms with van der Waals surface area (Å²) in [7, 11) is 0. The van der Waals surface area contributed by atoms with Crippen molar-refractivity contribution in [1.82, 2.24) is 9.80 Å². The van der Waals surface area contributed by atoms with Crippen molar-refractivity contribution in [2.45, 2.75) is 58.0 Å². The Morgan fingerprint density at radius 1 is 1.17 bits per heavy atom. The van der Waals surface area contributed by atoms with Crippen molar-refractivity contribution in [3.8, 4) is 0 Å². The van der Waals surface area contributed by atoms with Crippen LogP contribution in [0.25, 0.3) is 0 Å². The molecule has 0 saturated carbocycles. The minimum atomic E-state index is -0.0882. The van der Waals surface area contributed by atoms with Crippen LogP contribution < -0.4 is 5.32 Å². The van der Waals surface area contributed by atoms with E-state index in [2.05, 4.69) is 24.1 Å². The summed E-state index contributed by atoms with van der Waals surface area (Å²) in [6.45, 7) is 5.56. The van der Waals surface area contributed by atoms with E-state index in [9.17, 15) is 9.59 Å². The quantitative estimate of drug-likeness (QED) is 0.883. The van der Waals surface area contributed by atoms with Gasteiger partial charge in [-0.3, -0.25) is 10.1 Å². The van der Waals surface area contributed by atoms with E-state index < -0.39 is 0 Å². The first-order valence-electron chi connectivity index (χ1n) is 8.98. The summed E-state index contributed by atoms with van der Waals surface area (Å²) in [6, 6.07) is 4.36. The molecule has 3 atom stereocenters. The lowest BCUT2D eigenvalue weighted by molar-refractivity contribution is -0.143. The van der Waals surface area contributed by atoms with Crippen LogP contribution in [0.1, 0.15) is 46.0 Å². The number of piperidine rings is 2. The normalized spacial score (nSPS) is 27.8. The van der Waals surface area contributed by atoms with Gasteiger partial charge in [0.15, 0.2) is 0 Å². The van der Waals surface area contributed by atoms with Gasteiger partial charge in [-0.15, -0.1) is 11.3 Å². The number of anilines is 1. The van der Waals surface area contributed by atoms with E-state index in [0.717, 1.165) is 37.2 Å². The maximum Gasteiger partial charge on any atom is 0.322 e. The molecule has 0 radical (unpaired) electrons. The van der Waals surface area contributed by atoms with Gasteiger partial charge in [0.25, 0.3) is 0 Å². The van der Waals surface area contributed by atoms with Gasteiger partial charge >= 0.3 is 6.03 Å². The minimum absolute atomic E-state index is 0.0594. The Labute approximate surface area is 148 Å². The number of rotatable bonds is 2. The van der Waals surface area contributed by atoms with Crippen molar-refractivity contribution in [3.63, 3.8) is 0 Å². The molecule has 3 rings (SSSR count). The number of hydrogen-bond acceptors (Lipinski definition) is 3. The minimum Gasteiger partial charge on any atom is -0.337 e. The van der Waals surface area contributed by atoms with Crippen molar-refractivity contribution in [3.05, 3.63) is 17.5 Å². The highest BCUT2D eigenvalue weighted by Gasteiger charge is 2.36. The molecule has 1 aromatic heterocycles. The third-order valence-electron chi connectivity index (χ3n) is 5.26. The van der Waals surface area contributed by atoms with Gasteiger partial charge in [0.2, 0.25) is 5.91 Å². The third-order valence-corrected chi connectivity index (χ3v) is 6.04. The molecule has 2 aliphatic rings. The van der Waals surface area contributed by atoms with Crippen LogP contribution in [0.2, 0.25) is 0 Å². The van der Waals surface area contributed by atoms with Crippen LogP contribution in [-0.4, -0.2) is 46.9 Å². The molecule has 2 saturated heterocycles. The van der Waals surface area contributed by atoms with Crippen molar-refractivity contribution in [2.24, 2.45) is 5.92 Å². The van der Waals surface area contributed by atoms with Crippen molar-refractivity contribution < 1.29 is 9.59 Å². The summed E-state index contributed by atoms with van der Waals surface area (Å²) in [6.07, 6.45) is 5.16. The SMILES string of the molecule is CC1CCCC(C)N1C(=O)C1CCCN(C(=O)Nc2cccs2)C1. The second-order valence-electron chi connectivity index (χ2n) is 7.07. The van der Waals surface area contributed by atoms with Crippen LogP contribution in [-0.2, 0) is 4.79 Å². The standard InChI is InChI=1S/C18H27N3O2S/c1-13-6-3-7-14(2)21(13)17(22)15-8-4-10-20(12-15)18(23)19-16-9-5-11-24-16/h5,9,11,13-15H,3-4,6-8,10,12H2,1-2H3,(H,19,23). The number of likely N-dealkylation sites (tertiary alicyclic amines) is 2. The molecule has 5 nitrogen and oxygen atoms in total. The number of nitrogens with zero attached hydrogens (tertiary/aromatic N) is 2. The number of hydrogen-bond donors (Lipinski definition) is 1. The summed E-state index contributed by atoms with van der Waals surface area (Å²) in [5, 5.41) is 5.72. The Balaban J connectivity index is 1.62. The maximum absolute atomic E-state index is 13.0. The lowest BCUT2D eigenvalue weighted by Gasteiger charge is -2.42. The number of carbonyl (C=O) groups is 2. The van der Waals surface area contributed by atoms with Crippen LogP contribution >= 0.6 is 11.3 Å². The Morgan fingerprint density at radius 3 is 2.58 bits per heavy atom.